The Balaban J connectivity index is 1.89. The van der Waals surface area contributed by atoms with Crippen molar-refractivity contribution in [1.82, 2.24) is 9.88 Å². The van der Waals surface area contributed by atoms with Crippen molar-refractivity contribution in [3.05, 3.63) is 18.5 Å². The lowest BCUT2D eigenvalue weighted by molar-refractivity contribution is 0.150. The molecule has 0 radical (unpaired) electrons. The van der Waals surface area contributed by atoms with Crippen molar-refractivity contribution in [2.24, 2.45) is 5.41 Å². The number of likely N-dealkylation sites (tertiary alicyclic amines) is 1. The molecular formula is C15H26N4. The normalized spacial score (nSPS) is 19.1. The zero-order valence-corrected chi connectivity index (χ0v) is 12.4. The van der Waals surface area contributed by atoms with Crippen LogP contribution >= 0.6 is 0 Å². The SMILES string of the molecule is CCNc1cncc(NCC2(C)CCN(C)CC2)c1. The zero-order valence-electron chi connectivity index (χ0n) is 12.4. The zero-order chi connectivity index (χ0) is 13.7. The van der Waals surface area contributed by atoms with Crippen molar-refractivity contribution < 1.29 is 0 Å². The monoisotopic (exact) mass is 262 g/mol. The quantitative estimate of drug-likeness (QED) is 0.856. The lowest BCUT2D eigenvalue weighted by atomic mass is 9.80. The summed E-state index contributed by atoms with van der Waals surface area (Å²) in [5.41, 5.74) is 2.60. The predicted octanol–water partition coefficient (Wildman–Crippen LogP) is 2.66. The third-order valence-electron chi connectivity index (χ3n) is 4.03. The summed E-state index contributed by atoms with van der Waals surface area (Å²) in [6.45, 7) is 8.84. The third-order valence-corrected chi connectivity index (χ3v) is 4.03. The molecular weight excluding hydrogens is 236 g/mol. The third kappa shape index (κ3) is 4.10. The average molecular weight is 262 g/mol. The highest BCUT2D eigenvalue weighted by atomic mass is 15.1. The van der Waals surface area contributed by atoms with Crippen molar-refractivity contribution in [3.63, 3.8) is 0 Å². The molecule has 1 aliphatic heterocycles. The fourth-order valence-corrected chi connectivity index (χ4v) is 2.49. The summed E-state index contributed by atoms with van der Waals surface area (Å²) in [6.07, 6.45) is 6.29. The summed E-state index contributed by atoms with van der Waals surface area (Å²) >= 11 is 0. The second-order valence-electron chi connectivity index (χ2n) is 5.96. The van der Waals surface area contributed by atoms with Gasteiger partial charge in [-0.05, 0) is 51.4 Å². The molecule has 0 aromatic carbocycles. The summed E-state index contributed by atoms with van der Waals surface area (Å²) in [5.74, 6) is 0. The van der Waals surface area contributed by atoms with Gasteiger partial charge in [0.25, 0.3) is 0 Å². The number of nitrogens with one attached hydrogen (secondary N) is 2. The topological polar surface area (TPSA) is 40.2 Å². The molecule has 1 fully saturated rings. The van der Waals surface area contributed by atoms with Crippen LogP contribution in [0.25, 0.3) is 0 Å². The molecule has 0 spiro atoms. The molecule has 1 aromatic rings. The first-order valence-electron chi connectivity index (χ1n) is 7.23. The molecule has 2 N–H and O–H groups in total. The molecule has 0 bridgehead atoms. The summed E-state index contributed by atoms with van der Waals surface area (Å²) < 4.78 is 0. The Labute approximate surface area is 116 Å². The van der Waals surface area contributed by atoms with Crippen LogP contribution in [0.3, 0.4) is 0 Å². The Kier molecular flexibility index (Phi) is 4.64. The van der Waals surface area contributed by atoms with Gasteiger partial charge in [0, 0.05) is 13.1 Å². The molecule has 1 saturated heterocycles. The van der Waals surface area contributed by atoms with Crippen LogP contribution in [0.1, 0.15) is 26.7 Å². The minimum Gasteiger partial charge on any atom is -0.384 e. The van der Waals surface area contributed by atoms with Crippen LogP contribution in [0.15, 0.2) is 18.5 Å². The van der Waals surface area contributed by atoms with E-state index in [1.807, 2.05) is 12.4 Å². The van der Waals surface area contributed by atoms with E-state index in [9.17, 15) is 0 Å². The van der Waals surface area contributed by atoms with E-state index in [-0.39, 0.29) is 0 Å². The van der Waals surface area contributed by atoms with Crippen molar-refractivity contribution in [1.29, 1.82) is 0 Å². The summed E-state index contributed by atoms with van der Waals surface area (Å²) in [6, 6.07) is 2.13. The fraction of sp³-hybridized carbons (Fsp3) is 0.667. The molecule has 0 atom stereocenters. The van der Waals surface area contributed by atoms with Gasteiger partial charge in [-0.1, -0.05) is 6.92 Å². The van der Waals surface area contributed by atoms with Crippen molar-refractivity contribution in [2.45, 2.75) is 26.7 Å². The van der Waals surface area contributed by atoms with Crippen LogP contribution in [0.4, 0.5) is 11.4 Å². The molecule has 0 saturated carbocycles. The number of pyridine rings is 1. The van der Waals surface area contributed by atoms with E-state index < -0.39 is 0 Å². The van der Waals surface area contributed by atoms with Crippen LogP contribution in [-0.2, 0) is 0 Å². The number of rotatable bonds is 5. The Morgan fingerprint density at radius 1 is 1.21 bits per heavy atom. The highest BCUT2D eigenvalue weighted by molar-refractivity contribution is 5.53. The molecule has 1 aromatic heterocycles. The van der Waals surface area contributed by atoms with Crippen LogP contribution in [0.2, 0.25) is 0 Å². The highest BCUT2D eigenvalue weighted by Gasteiger charge is 2.28. The van der Waals surface area contributed by atoms with E-state index in [4.69, 9.17) is 0 Å². The van der Waals surface area contributed by atoms with Crippen molar-refractivity contribution in [3.8, 4) is 0 Å². The van der Waals surface area contributed by atoms with E-state index >= 15 is 0 Å². The van der Waals surface area contributed by atoms with Crippen molar-refractivity contribution >= 4 is 11.4 Å². The first-order chi connectivity index (χ1) is 9.11. The number of nitrogens with zero attached hydrogens (tertiary/aromatic N) is 2. The maximum absolute atomic E-state index is 4.27. The lowest BCUT2D eigenvalue weighted by Crippen LogP contribution is -2.40. The molecule has 1 aliphatic rings. The second-order valence-corrected chi connectivity index (χ2v) is 5.96. The summed E-state index contributed by atoms with van der Waals surface area (Å²) in [5, 5.41) is 6.84. The molecule has 106 valence electrons. The molecule has 2 heterocycles. The smallest absolute Gasteiger partial charge is 0.0547 e. The van der Waals surface area contributed by atoms with Gasteiger partial charge in [0.1, 0.15) is 0 Å². The Bertz CT molecular complexity index is 397. The molecule has 19 heavy (non-hydrogen) atoms. The molecule has 2 rings (SSSR count). The van der Waals surface area contributed by atoms with E-state index in [0.29, 0.717) is 5.41 Å². The van der Waals surface area contributed by atoms with Crippen LogP contribution < -0.4 is 10.6 Å². The van der Waals surface area contributed by atoms with Gasteiger partial charge >= 0.3 is 0 Å². The Hall–Kier alpha value is -1.29. The fourth-order valence-electron chi connectivity index (χ4n) is 2.49. The number of hydrogen-bond donors (Lipinski definition) is 2. The van der Waals surface area contributed by atoms with Gasteiger partial charge in [0.05, 0.1) is 23.8 Å². The number of hydrogen-bond acceptors (Lipinski definition) is 4. The van der Waals surface area contributed by atoms with E-state index in [1.54, 1.807) is 0 Å². The second kappa shape index (κ2) is 6.24. The standard InChI is InChI=1S/C15H26N4/c1-4-17-13-9-14(11-16-10-13)18-12-15(2)5-7-19(3)8-6-15/h9-11,17-18H,4-8,12H2,1-3H3. The van der Waals surface area contributed by atoms with Gasteiger partial charge in [-0.15, -0.1) is 0 Å². The van der Waals surface area contributed by atoms with Gasteiger partial charge in [-0.25, -0.2) is 0 Å². The summed E-state index contributed by atoms with van der Waals surface area (Å²) in [4.78, 5) is 6.68. The molecule has 0 aliphatic carbocycles. The van der Waals surface area contributed by atoms with Gasteiger partial charge in [-0.2, -0.15) is 0 Å². The van der Waals surface area contributed by atoms with Gasteiger partial charge < -0.3 is 15.5 Å². The van der Waals surface area contributed by atoms with E-state index in [1.165, 1.54) is 25.9 Å². The first kappa shape index (κ1) is 14.1. The maximum atomic E-state index is 4.27. The van der Waals surface area contributed by atoms with Crippen LogP contribution in [0.5, 0.6) is 0 Å². The van der Waals surface area contributed by atoms with Gasteiger partial charge in [0.2, 0.25) is 0 Å². The van der Waals surface area contributed by atoms with Crippen molar-refractivity contribution in [2.75, 3.05) is 43.9 Å². The first-order valence-corrected chi connectivity index (χ1v) is 7.23. The maximum Gasteiger partial charge on any atom is 0.0547 e. The Morgan fingerprint density at radius 2 is 1.84 bits per heavy atom. The predicted molar refractivity (Wildman–Crippen MR) is 81.7 cm³/mol. The van der Waals surface area contributed by atoms with E-state index in [2.05, 4.69) is 47.5 Å². The largest absolute Gasteiger partial charge is 0.384 e. The molecule has 0 amide bonds. The minimum atomic E-state index is 0.403. The molecule has 0 unspecified atom stereocenters. The minimum absolute atomic E-state index is 0.403. The highest BCUT2D eigenvalue weighted by Crippen LogP contribution is 2.30. The van der Waals surface area contributed by atoms with Crippen LogP contribution in [0, 0.1) is 5.41 Å². The summed E-state index contributed by atoms with van der Waals surface area (Å²) in [7, 11) is 2.21. The lowest BCUT2D eigenvalue weighted by Gasteiger charge is -2.38. The van der Waals surface area contributed by atoms with Gasteiger partial charge in [-0.3, -0.25) is 4.98 Å². The number of anilines is 2. The Morgan fingerprint density at radius 3 is 2.47 bits per heavy atom. The van der Waals surface area contributed by atoms with E-state index in [0.717, 1.165) is 24.5 Å². The van der Waals surface area contributed by atoms with Crippen LogP contribution in [-0.4, -0.2) is 43.1 Å². The van der Waals surface area contributed by atoms with Gasteiger partial charge in [0.15, 0.2) is 0 Å². The molecule has 4 heteroatoms. The average Bonchev–Trinajstić information content (AvgIpc) is 2.41. The number of piperidine rings is 1. The number of aromatic nitrogens is 1. The molecule has 4 nitrogen and oxygen atoms in total.